The van der Waals surface area contributed by atoms with Crippen LogP contribution in [-0.4, -0.2) is 65.3 Å². The summed E-state index contributed by atoms with van der Waals surface area (Å²) in [5.74, 6) is 2.84. The quantitative estimate of drug-likeness (QED) is 0.657. The standard InChI is InChI=1S/C21H31N5OS/c1-27-19-11-5-4-10-18(19)26-20(25-14-8-3-9-15-25)22-23-21(26)28-17-16-24-12-6-2-7-13-24/h4-5,10-11H,2-3,6-9,12-17H2,1H3. The van der Waals surface area contributed by atoms with Gasteiger partial charge in [0, 0.05) is 25.4 Å². The molecule has 3 heterocycles. The van der Waals surface area contributed by atoms with Crippen molar-refractivity contribution in [2.24, 2.45) is 0 Å². The van der Waals surface area contributed by atoms with Gasteiger partial charge in [-0.15, -0.1) is 10.2 Å². The van der Waals surface area contributed by atoms with Gasteiger partial charge in [-0.1, -0.05) is 30.3 Å². The Kier molecular flexibility index (Phi) is 6.75. The number of aromatic nitrogens is 3. The van der Waals surface area contributed by atoms with Gasteiger partial charge < -0.3 is 14.5 Å². The smallest absolute Gasteiger partial charge is 0.232 e. The van der Waals surface area contributed by atoms with E-state index in [-0.39, 0.29) is 0 Å². The van der Waals surface area contributed by atoms with Gasteiger partial charge in [0.25, 0.3) is 0 Å². The lowest BCUT2D eigenvalue weighted by atomic mass is 10.1. The highest BCUT2D eigenvalue weighted by atomic mass is 32.2. The van der Waals surface area contributed by atoms with Crippen molar-refractivity contribution < 1.29 is 4.74 Å². The van der Waals surface area contributed by atoms with Crippen molar-refractivity contribution in [3.63, 3.8) is 0 Å². The molecule has 2 aromatic rings. The van der Waals surface area contributed by atoms with Crippen LogP contribution in [0.1, 0.15) is 38.5 Å². The highest BCUT2D eigenvalue weighted by molar-refractivity contribution is 7.99. The van der Waals surface area contributed by atoms with Gasteiger partial charge in [0.1, 0.15) is 5.75 Å². The third-order valence-corrected chi connectivity index (χ3v) is 6.58. The van der Waals surface area contributed by atoms with Gasteiger partial charge in [-0.2, -0.15) is 0 Å². The van der Waals surface area contributed by atoms with Crippen LogP contribution in [0.2, 0.25) is 0 Å². The van der Waals surface area contributed by atoms with Gasteiger partial charge >= 0.3 is 0 Å². The molecule has 4 rings (SSSR count). The first-order valence-electron chi connectivity index (χ1n) is 10.6. The van der Waals surface area contributed by atoms with Gasteiger partial charge in [-0.05, 0) is 57.3 Å². The van der Waals surface area contributed by atoms with Gasteiger partial charge in [-0.25, -0.2) is 0 Å². The second-order valence-electron chi connectivity index (χ2n) is 7.59. The molecule has 2 fully saturated rings. The van der Waals surface area contributed by atoms with Gasteiger partial charge in [-0.3, -0.25) is 4.57 Å². The highest BCUT2D eigenvalue weighted by Gasteiger charge is 2.23. The average molecular weight is 402 g/mol. The minimum atomic E-state index is 0.860. The molecule has 0 saturated carbocycles. The third-order valence-electron chi connectivity index (χ3n) is 5.67. The monoisotopic (exact) mass is 401 g/mol. The zero-order valence-corrected chi connectivity index (χ0v) is 17.7. The van der Waals surface area contributed by atoms with Crippen molar-refractivity contribution in [1.29, 1.82) is 0 Å². The predicted molar refractivity (Wildman–Crippen MR) is 115 cm³/mol. The lowest BCUT2D eigenvalue weighted by molar-refractivity contribution is 0.242. The third kappa shape index (κ3) is 4.46. The van der Waals surface area contributed by atoms with E-state index in [1.165, 1.54) is 51.6 Å². The zero-order chi connectivity index (χ0) is 19.2. The molecule has 6 nitrogen and oxygen atoms in total. The maximum atomic E-state index is 5.65. The summed E-state index contributed by atoms with van der Waals surface area (Å²) in [6.07, 6.45) is 7.79. The molecule has 2 aliphatic rings. The van der Waals surface area contributed by atoms with E-state index in [0.29, 0.717) is 0 Å². The number of para-hydroxylation sites is 2. The van der Waals surface area contributed by atoms with Crippen molar-refractivity contribution in [2.45, 2.75) is 43.7 Å². The number of methoxy groups -OCH3 is 1. The van der Waals surface area contributed by atoms with Crippen molar-refractivity contribution in [1.82, 2.24) is 19.7 Å². The Morgan fingerprint density at radius 3 is 2.39 bits per heavy atom. The SMILES string of the molecule is COc1ccccc1-n1c(SCCN2CCCCC2)nnc1N1CCCCC1. The number of anilines is 1. The average Bonchev–Trinajstić information content (AvgIpc) is 3.19. The molecule has 0 amide bonds. The van der Waals surface area contributed by atoms with Crippen LogP contribution < -0.4 is 9.64 Å². The fraction of sp³-hybridized carbons (Fsp3) is 0.619. The van der Waals surface area contributed by atoms with Gasteiger partial charge in [0.05, 0.1) is 12.8 Å². The molecule has 0 radical (unpaired) electrons. The van der Waals surface area contributed by atoms with Crippen LogP contribution in [0.15, 0.2) is 29.4 Å². The molecule has 1 aromatic carbocycles. The second kappa shape index (κ2) is 9.65. The van der Waals surface area contributed by atoms with Gasteiger partial charge in [0.2, 0.25) is 5.95 Å². The Labute approximate surface area is 172 Å². The molecule has 0 atom stereocenters. The number of thioether (sulfide) groups is 1. The molecule has 152 valence electrons. The second-order valence-corrected chi connectivity index (χ2v) is 8.65. The fourth-order valence-electron chi connectivity index (χ4n) is 4.13. The van der Waals surface area contributed by atoms with Crippen LogP contribution >= 0.6 is 11.8 Å². The van der Waals surface area contributed by atoms with Crippen LogP contribution in [0.5, 0.6) is 5.75 Å². The largest absolute Gasteiger partial charge is 0.495 e. The minimum Gasteiger partial charge on any atom is -0.495 e. The Hall–Kier alpha value is -1.73. The van der Waals surface area contributed by atoms with E-state index >= 15 is 0 Å². The van der Waals surface area contributed by atoms with Crippen molar-refractivity contribution in [3.05, 3.63) is 24.3 Å². The lowest BCUT2D eigenvalue weighted by Gasteiger charge is -2.28. The number of ether oxygens (including phenoxy) is 1. The number of benzene rings is 1. The Bertz CT molecular complexity index is 753. The molecule has 7 heteroatoms. The minimum absolute atomic E-state index is 0.860. The van der Waals surface area contributed by atoms with E-state index in [4.69, 9.17) is 4.74 Å². The first-order valence-corrected chi connectivity index (χ1v) is 11.5. The summed E-state index contributed by atoms with van der Waals surface area (Å²) < 4.78 is 7.85. The van der Waals surface area contributed by atoms with E-state index in [0.717, 1.165) is 47.9 Å². The number of piperidine rings is 2. The maximum absolute atomic E-state index is 5.65. The molecule has 0 bridgehead atoms. The summed E-state index contributed by atoms with van der Waals surface area (Å²) in [5.41, 5.74) is 1.02. The molecule has 0 unspecified atom stereocenters. The number of nitrogens with zero attached hydrogens (tertiary/aromatic N) is 5. The van der Waals surface area contributed by atoms with Crippen molar-refractivity contribution in [3.8, 4) is 11.4 Å². The van der Waals surface area contributed by atoms with E-state index < -0.39 is 0 Å². The number of likely N-dealkylation sites (tertiary alicyclic amines) is 1. The summed E-state index contributed by atoms with van der Waals surface area (Å²) in [6, 6.07) is 8.18. The van der Waals surface area contributed by atoms with E-state index in [1.54, 1.807) is 18.9 Å². The van der Waals surface area contributed by atoms with E-state index in [1.807, 2.05) is 12.1 Å². The molecule has 2 aliphatic heterocycles. The summed E-state index contributed by atoms with van der Waals surface area (Å²) in [4.78, 5) is 4.95. The molecular formula is C21H31N5OS. The number of hydrogen-bond donors (Lipinski definition) is 0. The first kappa shape index (κ1) is 19.6. The predicted octanol–water partition coefficient (Wildman–Crippen LogP) is 3.84. The van der Waals surface area contributed by atoms with E-state index in [9.17, 15) is 0 Å². The summed E-state index contributed by atoms with van der Waals surface area (Å²) in [6.45, 7) is 5.68. The summed E-state index contributed by atoms with van der Waals surface area (Å²) >= 11 is 1.81. The van der Waals surface area contributed by atoms with Gasteiger partial charge in [0.15, 0.2) is 5.16 Å². The molecule has 2 saturated heterocycles. The van der Waals surface area contributed by atoms with Crippen molar-refractivity contribution >= 4 is 17.7 Å². The first-order chi connectivity index (χ1) is 13.9. The molecule has 28 heavy (non-hydrogen) atoms. The topological polar surface area (TPSA) is 46.4 Å². The van der Waals surface area contributed by atoms with Crippen LogP contribution in [0.4, 0.5) is 5.95 Å². The van der Waals surface area contributed by atoms with Crippen LogP contribution in [0, 0.1) is 0 Å². The lowest BCUT2D eigenvalue weighted by Crippen LogP contribution is -2.32. The summed E-state index contributed by atoms with van der Waals surface area (Å²) in [5, 5.41) is 10.2. The Morgan fingerprint density at radius 2 is 1.64 bits per heavy atom. The van der Waals surface area contributed by atoms with Crippen molar-refractivity contribution in [2.75, 3.05) is 50.5 Å². The summed E-state index contributed by atoms with van der Waals surface area (Å²) in [7, 11) is 1.73. The van der Waals surface area contributed by atoms with Crippen LogP contribution in [0.3, 0.4) is 0 Å². The van der Waals surface area contributed by atoms with Crippen LogP contribution in [-0.2, 0) is 0 Å². The number of rotatable bonds is 7. The molecule has 0 spiro atoms. The highest BCUT2D eigenvalue weighted by Crippen LogP contribution is 2.32. The Balaban J connectivity index is 1.57. The molecular weight excluding hydrogens is 370 g/mol. The van der Waals surface area contributed by atoms with E-state index in [2.05, 4.69) is 36.7 Å². The van der Waals surface area contributed by atoms with Crippen LogP contribution in [0.25, 0.3) is 5.69 Å². The normalized spacial score (nSPS) is 18.4. The molecule has 1 aromatic heterocycles. The zero-order valence-electron chi connectivity index (χ0n) is 16.8. The molecule has 0 aliphatic carbocycles. The molecule has 0 N–H and O–H groups in total. The maximum Gasteiger partial charge on any atom is 0.232 e. The fourth-order valence-corrected chi connectivity index (χ4v) is 5.07. The Morgan fingerprint density at radius 1 is 0.929 bits per heavy atom. The number of hydrogen-bond acceptors (Lipinski definition) is 6.